The highest BCUT2D eigenvalue weighted by Crippen LogP contribution is 1.91. The first-order valence-corrected chi connectivity index (χ1v) is 3.21. The summed E-state index contributed by atoms with van der Waals surface area (Å²) in [4.78, 5) is 17.2. The Morgan fingerprint density at radius 2 is 2.64 bits per heavy atom. The van der Waals surface area contributed by atoms with Gasteiger partial charge in [-0.25, -0.2) is 9.78 Å². The van der Waals surface area contributed by atoms with Crippen molar-refractivity contribution in [2.24, 2.45) is 5.73 Å². The number of carbonyl (C=O) groups is 1. The quantitative estimate of drug-likeness (QED) is 0.578. The number of hydrogen-bond acceptors (Lipinski definition) is 4. The average molecular weight is 155 g/mol. The number of rotatable bonds is 3. The Morgan fingerprint density at radius 3 is 3.18 bits per heavy atom. The van der Waals surface area contributed by atoms with E-state index in [0.29, 0.717) is 6.54 Å². The molecular weight excluding hydrogens is 146 g/mol. The van der Waals surface area contributed by atoms with Crippen molar-refractivity contribution in [2.45, 2.75) is 0 Å². The number of nitrogens with two attached hydrogens (primary N) is 1. The Bertz CT molecular complexity index is 220. The van der Waals surface area contributed by atoms with Gasteiger partial charge >= 0.3 is 5.97 Å². The first-order chi connectivity index (χ1) is 5.34. The molecule has 0 fully saturated rings. The lowest BCUT2D eigenvalue weighted by molar-refractivity contribution is 0.0503. The van der Waals surface area contributed by atoms with Gasteiger partial charge in [-0.1, -0.05) is 0 Å². The van der Waals surface area contributed by atoms with E-state index < -0.39 is 5.97 Å². The highest BCUT2D eigenvalue weighted by molar-refractivity contribution is 5.85. The molecule has 0 saturated carbocycles. The van der Waals surface area contributed by atoms with Gasteiger partial charge in [0.15, 0.2) is 0 Å². The van der Waals surface area contributed by atoms with E-state index in [1.54, 1.807) is 6.20 Å². The van der Waals surface area contributed by atoms with Gasteiger partial charge in [0, 0.05) is 18.9 Å². The van der Waals surface area contributed by atoms with E-state index in [1.165, 1.54) is 6.20 Å². The highest BCUT2D eigenvalue weighted by atomic mass is 16.5. The van der Waals surface area contributed by atoms with Crippen molar-refractivity contribution in [1.82, 2.24) is 9.97 Å². The zero-order chi connectivity index (χ0) is 8.10. The predicted molar refractivity (Wildman–Crippen MR) is 37.9 cm³/mol. The van der Waals surface area contributed by atoms with Crippen LogP contribution in [0.2, 0.25) is 0 Å². The van der Waals surface area contributed by atoms with E-state index in [0.717, 1.165) is 0 Å². The zero-order valence-electron chi connectivity index (χ0n) is 5.91. The van der Waals surface area contributed by atoms with Crippen LogP contribution in [0, 0.1) is 0 Å². The molecule has 0 spiro atoms. The van der Waals surface area contributed by atoms with E-state index in [2.05, 4.69) is 14.7 Å². The molecule has 3 N–H and O–H groups in total. The normalized spacial score (nSPS) is 9.55. The third-order valence-corrected chi connectivity index (χ3v) is 1.04. The van der Waals surface area contributed by atoms with Crippen molar-refractivity contribution in [1.29, 1.82) is 0 Å². The predicted octanol–water partition coefficient (Wildman–Crippen LogP) is -0.475. The van der Waals surface area contributed by atoms with Crippen molar-refractivity contribution >= 4 is 5.97 Å². The second kappa shape index (κ2) is 3.72. The number of H-pyrrole nitrogens is 1. The molecule has 0 radical (unpaired) electrons. The lowest BCUT2D eigenvalue weighted by Gasteiger charge is -1.97. The number of aromatic nitrogens is 2. The van der Waals surface area contributed by atoms with E-state index in [1.807, 2.05) is 0 Å². The summed E-state index contributed by atoms with van der Waals surface area (Å²) < 4.78 is 4.68. The molecule has 11 heavy (non-hydrogen) atoms. The SMILES string of the molecule is NCCOC(=O)c1ncc[nH]1. The van der Waals surface area contributed by atoms with Crippen LogP contribution in [0.1, 0.15) is 10.6 Å². The van der Waals surface area contributed by atoms with Gasteiger partial charge in [-0.3, -0.25) is 0 Å². The van der Waals surface area contributed by atoms with Crippen LogP contribution in [0.15, 0.2) is 12.4 Å². The van der Waals surface area contributed by atoms with Crippen molar-refractivity contribution in [2.75, 3.05) is 13.2 Å². The summed E-state index contributed by atoms with van der Waals surface area (Å²) in [5, 5.41) is 0. The van der Waals surface area contributed by atoms with Crippen molar-refractivity contribution in [3.8, 4) is 0 Å². The second-order valence-electron chi connectivity index (χ2n) is 1.86. The standard InChI is InChI=1S/C6H9N3O2/c7-1-4-11-6(10)5-8-2-3-9-5/h2-3H,1,4,7H2,(H,8,9). The Morgan fingerprint density at radius 1 is 1.82 bits per heavy atom. The molecule has 5 heteroatoms. The number of esters is 1. The summed E-state index contributed by atoms with van der Waals surface area (Å²) in [7, 11) is 0. The van der Waals surface area contributed by atoms with Gasteiger partial charge in [-0.05, 0) is 0 Å². The Kier molecular flexibility index (Phi) is 2.62. The summed E-state index contributed by atoms with van der Waals surface area (Å²) in [6, 6.07) is 0. The van der Waals surface area contributed by atoms with Crippen LogP contribution < -0.4 is 5.73 Å². The molecule has 0 aliphatic rings. The van der Waals surface area contributed by atoms with Crippen LogP contribution >= 0.6 is 0 Å². The summed E-state index contributed by atoms with van der Waals surface area (Å²) in [5.41, 5.74) is 5.12. The molecule has 1 aromatic heterocycles. The Labute approximate surface area is 63.6 Å². The Hall–Kier alpha value is -1.36. The van der Waals surface area contributed by atoms with Crippen molar-refractivity contribution < 1.29 is 9.53 Å². The smallest absolute Gasteiger partial charge is 0.374 e. The minimum Gasteiger partial charge on any atom is -0.459 e. The summed E-state index contributed by atoms with van der Waals surface area (Å²) >= 11 is 0. The van der Waals surface area contributed by atoms with Crippen LogP contribution in [0.4, 0.5) is 0 Å². The first kappa shape index (κ1) is 7.74. The number of ether oxygens (including phenoxy) is 1. The van der Waals surface area contributed by atoms with E-state index in [-0.39, 0.29) is 12.4 Å². The fourth-order valence-corrected chi connectivity index (χ4v) is 0.597. The topological polar surface area (TPSA) is 81.0 Å². The number of hydrogen-bond donors (Lipinski definition) is 2. The van der Waals surface area contributed by atoms with Gasteiger partial charge in [0.05, 0.1) is 0 Å². The fraction of sp³-hybridized carbons (Fsp3) is 0.333. The van der Waals surface area contributed by atoms with Crippen molar-refractivity contribution in [3.63, 3.8) is 0 Å². The van der Waals surface area contributed by atoms with E-state index in [9.17, 15) is 4.79 Å². The van der Waals surface area contributed by atoms with Crippen LogP contribution in [-0.2, 0) is 4.74 Å². The molecule has 1 aromatic rings. The maximum atomic E-state index is 10.9. The molecule has 60 valence electrons. The number of carbonyl (C=O) groups excluding carboxylic acids is 1. The number of nitrogens with one attached hydrogen (secondary N) is 1. The summed E-state index contributed by atoms with van der Waals surface area (Å²) in [6.45, 7) is 0.548. The minimum absolute atomic E-state index is 0.207. The third-order valence-electron chi connectivity index (χ3n) is 1.04. The molecule has 0 saturated heterocycles. The van der Waals surface area contributed by atoms with Gasteiger partial charge < -0.3 is 15.5 Å². The van der Waals surface area contributed by atoms with E-state index in [4.69, 9.17) is 5.73 Å². The molecule has 0 atom stereocenters. The molecule has 1 heterocycles. The maximum absolute atomic E-state index is 10.9. The number of aromatic amines is 1. The molecular formula is C6H9N3O2. The Balaban J connectivity index is 2.43. The lowest BCUT2D eigenvalue weighted by Crippen LogP contribution is -2.14. The van der Waals surface area contributed by atoms with Gasteiger partial charge in [0.2, 0.25) is 5.82 Å². The summed E-state index contributed by atoms with van der Waals surface area (Å²) in [5.74, 6) is -0.265. The molecule has 0 bridgehead atoms. The van der Waals surface area contributed by atoms with Gasteiger partial charge in [0.25, 0.3) is 0 Å². The minimum atomic E-state index is -0.472. The molecule has 0 aliphatic carbocycles. The zero-order valence-corrected chi connectivity index (χ0v) is 5.91. The second-order valence-corrected chi connectivity index (χ2v) is 1.86. The van der Waals surface area contributed by atoms with Gasteiger partial charge in [0.1, 0.15) is 6.61 Å². The third kappa shape index (κ3) is 2.05. The fourth-order valence-electron chi connectivity index (χ4n) is 0.597. The van der Waals surface area contributed by atoms with Gasteiger partial charge in [-0.15, -0.1) is 0 Å². The van der Waals surface area contributed by atoms with E-state index >= 15 is 0 Å². The average Bonchev–Trinajstić information content (AvgIpc) is 2.52. The molecule has 0 amide bonds. The highest BCUT2D eigenvalue weighted by Gasteiger charge is 2.07. The molecule has 0 aromatic carbocycles. The number of nitrogens with zero attached hydrogens (tertiary/aromatic N) is 1. The lowest BCUT2D eigenvalue weighted by atomic mass is 10.6. The van der Waals surface area contributed by atoms with Crippen LogP contribution in [0.3, 0.4) is 0 Å². The van der Waals surface area contributed by atoms with Gasteiger partial charge in [-0.2, -0.15) is 0 Å². The molecule has 0 aliphatic heterocycles. The first-order valence-electron chi connectivity index (χ1n) is 3.21. The molecule has 1 rings (SSSR count). The summed E-state index contributed by atoms with van der Waals surface area (Å²) in [6.07, 6.45) is 3.04. The molecule has 0 unspecified atom stereocenters. The largest absolute Gasteiger partial charge is 0.459 e. The maximum Gasteiger partial charge on any atom is 0.374 e. The van der Waals surface area contributed by atoms with Crippen LogP contribution in [-0.4, -0.2) is 29.1 Å². The number of imidazole rings is 1. The van der Waals surface area contributed by atoms with Crippen molar-refractivity contribution in [3.05, 3.63) is 18.2 Å². The van der Waals surface area contributed by atoms with Crippen LogP contribution in [0.5, 0.6) is 0 Å². The van der Waals surface area contributed by atoms with Crippen LogP contribution in [0.25, 0.3) is 0 Å². The monoisotopic (exact) mass is 155 g/mol. The molecule has 5 nitrogen and oxygen atoms in total.